The summed E-state index contributed by atoms with van der Waals surface area (Å²) in [6.07, 6.45) is 0. The summed E-state index contributed by atoms with van der Waals surface area (Å²) < 4.78 is 3.93. The van der Waals surface area contributed by atoms with Crippen LogP contribution in [0.1, 0.15) is 5.69 Å². The van der Waals surface area contributed by atoms with Crippen molar-refractivity contribution in [2.45, 2.75) is 6.92 Å². The van der Waals surface area contributed by atoms with Gasteiger partial charge in [-0.2, -0.15) is 0 Å². The Hall–Kier alpha value is -1.66. The van der Waals surface area contributed by atoms with Gasteiger partial charge in [-0.1, -0.05) is 0 Å². The predicted octanol–water partition coefficient (Wildman–Crippen LogP) is -0.475. The maximum Gasteiger partial charge on any atom is 0.435 e. The highest BCUT2D eigenvalue weighted by Crippen LogP contribution is 2.07. The minimum atomic E-state index is -0.784. The van der Waals surface area contributed by atoms with Gasteiger partial charge in [0.2, 0.25) is 5.69 Å². The van der Waals surface area contributed by atoms with E-state index in [0.717, 1.165) is 0 Å². The van der Waals surface area contributed by atoms with Crippen LogP contribution in [0.2, 0.25) is 0 Å². The SMILES string of the molecule is Cc1c([N+](=O)[O-])no[n+]1[O-]. The van der Waals surface area contributed by atoms with Gasteiger partial charge >= 0.3 is 5.82 Å². The first-order chi connectivity index (χ1) is 4.63. The second kappa shape index (κ2) is 1.94. The van der Waals surface area contributed by atoms with E-state index in [2.05, 4.69) is 9.79 Å². The molecule has 0 amide bonds. The number of rotatable bonds is 1. The fourth-order valence-electron chi connectivity index (χ4n) is 0.450. The van der Waals surface area contributed by atoms with Crippen molar-refractivity contribution in [2.24, 2.45) is 0 Å². The molecule has 7 nitrogen and oxygen atoms in total. The van der Waals surface area contributed by atoms with Crippen molar-refractivity contribution >= 4 is 5.82 Å². The Morgan fingerprint density at radius 1 is 1.80 bits per heavy atom. The second-order valence-corrected chi connectivity index (χ2v) is 1.60. The highest BCUT2D eigenvalue weighted by atomic mass is 16.8. The maximum absolute atomic E-state index is 10.3. The largest absolute Gasteiger partial charge is 0.435 e. The quantitative estimate of drug-likeness (QED) is 0.302. The summed E-state index contributed by atoms with van der Waals surface area (Å²) in [5.74, 6) is -0.546. The Morgan fingerprint density at radius 3 is 2.60 bits per heavy atom. The molecule has 54 valence electrons. The Balaban J connectivity index is 3.17. The predicted molar refractivity (Wildman–Crippen MR) is 26.9 cm³/mol. The van der Waals surface area contributed by atoms with Gasteiger partial charge in [-0.15, -0.1) is 0 Å². The highest BCUT2D eigenvalue weighted by molar-refractivity contribution is 5.16. The van der Waals surface area contributed by atoms with Crippen LogP contribution in [-0.4, -0.2) is 10.1 Å². The van der Waals surface area contributed by atoms with Crippen molar-refractivity contribution < 1.29 is 14.5 Å². The topological polar surface area (TPSA) is 96.1 Å². The number of aromatic nitrogens is 2. The zero-order valence-corrected chi connectivity index (χ0v) is 4.97. The van der Waals surface area contributed by atoms with Crippen LogP contribution in [0, 0.1) is 22.2 Å². The molecular weight excluding hydrogens is 142 g/mol. The van der Waals surface area contributed by atoms with Crippen molar-refractivity contribution in [3.05, 3.63) is 21.0 Å². The first-order valence-electron chi connectivity index (χ1n) is 2.33. The highest BCUT2D eigenvalue weighted by Gasteiger charge is 2.19. The average molecular weight is 145 g/mol. The Morgan fingerprint density at radius 2 is 2.40 bits per heavy atom. The Labute approximate surface area is 54.5 Å². The van der Waals surface area contributed by atoms with Crippen LogP contribution < -0.4 is 4.90 Å². The van der Waals surface area contributed by atoms with Gasteiger partial charge in [0.1, 0.15) is 0 Å². The average Bonchev–Trinajstić information content (AvgIpc) is 2.14. The molecule has 0 N–H and O–H groups in total. The smallest absolute Gasteiger partial charge is 0.359 e. The molecule has 0 unspecified atom stereocenters. The molecule has 0 aliphatic carbocycles. The van der Waals surface area contributed by atoms with Crippen LogP contribution in [0.25, 0.3) is 0 Å². The molecular formula is C3H3N3O4. The third-order valence-corrected chi connectivity index (χ3v) is 0.972. The maximum atomic E-state index is 10.3. The minimum absolute atomic E-state index is 0.0157. The number of nitrogens with zero attached hydrogens (tertiary/aromatic N) is 3. The van der Waals surface area contributed by atoms with Crippen LogP contribution >= 0.6 is 0 Å². The fourth-order valence-corrected chi connectivity index (χ4v) is 0.450. The molecule has 1 aromatic heterocycles. The molecule has 1 aromatic rings. The first kappa shape index (κ1) is 6.46. The van der Waals surface area contributed by atoms with Crippen molar-refractivity contribution in [3.8, 4) is 0 Å². The van der Waals surface area contributed by atoms with Crippen LogP contribution in [0.4, 0.5) is 5.82 Å². The van der Waals surface area contributed by atoms with E-state index in [-0.39, 0.29) is 10.6 Å². The number of nitro groups is 1. The molecule has 0 spiro atoms. The summed E-state index contributed by atoms with van der Waals surface area (Å²) in [6.45, 7) is 1.25. The van der Waals surface area contributed by atoms with E-state index in [4.69, 9.17) is 0 Å². The van der Waals surface area contributed by atoms with E-state index in [1.165, 1.54) is 6.92 Å². The second-order valence-electron chi connectivity index (χ2n) is 1.60. The fraction of sp³-hybridized carbons (Fsp3) is 0.333. The molecule has 0 fully saturated rings. The molecule has 7 heteroatoms. The summed E-state index contributed by atoms with van der Waals surface area (Å²) in [5.41, 5.74) is -0.148. The van der Waals surface area contributed by atoms with Crippen LogP contribution in [0.3, 0.4) is 0 Å². The van der Waals surface area contributed by atoms with Gasteiger partial charge in [-0.25, -0.2) is 0 Å². The van der Waals surface area contributed by atoms with Gasteiger partial charge in [-0.05, 0) is 9.83 Å². The lowest BCUT2D eigenvalue weighted by atomic mass is 10.5. The summed E-state index contributed by atoms with van der Waals surface area (Å²) in [6, 6.07) is 0. The van der Waals surface area contributed by atoms with Gasteiger partial charge in [0.15, 0.2) is 0 Å². The molecule has 0 bridgehead atoms. The minimum Gasteiger partial charge on any atom is -0.359 e. The van der Waals surface area contributed by atoms with E-state index >= 15 is 0 Å². The van der Waals surface area contributed by atoms with Gasteiger partial charge in [0.05, 0.1) is 5.16 Å². The van der Waals surface area contributed by atoms with E-state index in [0.29, 0.717) is 0 Å². The lowest BCUT2D eigenvalue weighted by molar-refractivity contribution is -0.807. The molecule has 0 aliphatic rings. The Kier molecular flexibility index (Phi) is 1.25. The third-order valence-electron chi connectivity index (χ3n) is 0.972. The van der Waals surface area contributed by atoms with Gasteiger partial charge in [-0.3, -0.25) is 4.63 Å². The number of hydrogen-bond donors (Lipinski definition) is 0. The van der Waals surface area contributed by atoms with Gasteiger partial charge in [0, 0.05) is 6.92 Å². The molecule has 0 aromatic carbocycles. The van der Waals surface area contributed by atoms with E-state index in [9.17, 15) is 15.3 Å². The molecule has 0 radical (unpaired) electrons. The van der Waals surface area contributed by atoms with Crippen molar-refractivity contribution in [3.63, 3.8) is 0 Å². The van der Waals surface area contributed by atoms with Crippen LogP contribution in [0.15, 0.2) is 4.63 Å². The molecule has 0 atom stereocenters. The third kappa shape index (κ3) is 0.768. The van der Waals surface area contributed by atoms with Crippen molar-refractivity contribution in [1.29, 1.82) is 0 Å². The summed E-state index contributed by atoms with van der Waals surface area (Å²) in [4.78, 5) is 9.17. The summed E-state index contributed by atoms with van der Waals surface area (Å²) >= 11 is 0. The first-order valence-corrected chi connectivity index (χ1v) is 2.33. The number of hydrogen-bond acceptors (Lipinski definition) is 5. The zero-order valence-electron chi connectivity index (χ0n) is 4.97. The molecule has 0 aliphatic heterocycles. The van der Waals surface area contributed by atoms with Crippen LogP contribution in [0.5, 0.6) is 0 Å². The normalized spacial score (nSPS) is 9.70. The van der Waals surface area contributed by atoms with Gasteiger partial charge in [0.25, 0.3) is 0 Å². The molecule has 0 saturated carbocycles. The summed E-state index contributed by atoms with van der Waals surface area (Å²) in [7, 11) is 0. The lowest BCUT2D eigenvalue weighted by Gasteiger charge is -1.85. The monoisotopic (exact) mass is 145 g/mol. The van der Waals surface area contributed by atoms with E-state index < -0.39 is 10.7 Å². The lowest BCUT2D eigenvalue weighted by Crippen LogP contribution is -2.25. The van der Waals surface area contributed by atoms with E-state index in [1.54, 1.807) is 0 Å². The molecule has 0 saturated heterocycles. The summed E-state index contributed by atoms with van der Waals surface area (Å²) in [5, 5.41) is 23.2. The molecule has 1 rings (SSSR count). The van der Waals surface area contributed by atoms with Crippen molar-refractivity contribution in [1.82, 2.24) is 5.16 Å². The molecule has 1 heterocycles. The Bertz CT molecular complexity index is 267. The molecule has 10 heavy (non-hydrogen) atoms. The van der Waals surface area contributed by atoms with Gasteiger partial charge < -0.3 is 15.3 Å². The zero-order chi connectivity index (χ0) is 7.72. The van der Waals surface area contributed by atoms with Crippen molar-refractivity contribution in [2.75, 3.05) is 0 Å². The van der Waals surface area contributed by atoms with E-state index in [1.807, 2.05) is 0 Å². The standard InChI is InChI=1S/C3H3N3O4/c1-2-3(5(7)8)4-10-6(2)9/h1H3. The van der Waals surface area contributed by atoms with Crippen LogP contribution in [-0.2, 0) is 0 Å².